The number of halogens is 3. The van der Waals surface area contributed by atoms with Crippen LogP contribution in [0, 0.1) is 0 Å². The molecule has 1 aromatic rings. The minimum absolute atomic E-state index is 0.0868. The Morgan fingerprint density at radius 3 is 2.53 bits per heavy atom. The second-order valence-corrected chi connectivity index (χ2v) is 4.06. The topological polar surface area (TPSA) is 30.5 Å². The van der Waals surface area contributed by atoms with Crippen LogP contribution in [-0.4, -0.2) is 33.0 Å². The van der Waals surface area contributed by atoms with Crippen LogP contribution in [0.3, 0.4) is 0 Å². The summed E-state index contributed by atoms with van der Waals surface area (Å²) in [6.45, 7) is 0.721. The van der Waals surface area contributed by atoms with Crippen molar-refractivity contribution >= 4 is 0 Å². The summed E-state index contributed by atoms with van der Waals surface area (Å²) in [5, 5.41) is 3.08. The lowest BCUT2D eigenvalue weighted by Crippen LogP contribution is -2.20. The Kier molecular flexibility index (Phi) is 6.11. The molecule has 1 atom stereocenters. The Morgan fingerprint density at radius 1 is 1.21 bits per heavy atom. The molecule has 6 heteroatoms. The highest BCUT2D eigenvalue weighted by Crippen LogP contribution is 2.24. The number of nitrogens with one attached hydrogen (secondary N) is 1. The molecule has 0 aliphatic heterocycles. The third kappa shape index (κ3) is 5.94. The van der Waals surface area contributed by atoms with Crippen LogP contribution in [0.25, 0.3) is 0 Å². The lowest BCUT2D eigenvalue weighted by Gasteiger charge is -2.16. The average Bonchev–Trinajstić information content (AvgIpc) is 2.36. The van der Waals surface area contributed by atoms with E-state index in [2.05, 4.69) is 10.1 Å². The van der Waals surface area contributed by atoms with Gasteiger partial charge >= 0.3 is 6.18 Å². The number of alkyl halides is 3. The summed E-state index contributed by atoms with van der Waals surface area (Å²) >= 11 is 0. The van der Waals surface area contributed by atoms with Crippen LogP contribution in [0.15, 0.2) is 24.3 Å². The van der Waals surface area contributed by atoms with E-state index in [1.165, 1.54) is 0 Å². The smallest absolute Gasteiger partial charge is 0.411 e. The maximum Gasteiger partial charge on any atom is 0.411 e. The molecule has 0 bridgehead atoms. The first-order valence-corrected chi connectivity index (χ1v) is 5.97. The predicted octanol–water partition coefficient (Wildman–Crippen LogP) is 2.92. The standard InChI is InChI=1S/C13H18F3NO2/c1-10(17-2)11-5-3-4-6-12(11)19-8-7-18-9-13(14,15)16/h3-6,10,17H,7-9H2,1-2H3. The summed E-state index contributed by atoms with van der Waals surface area (Å²) in [6, 6.07) is 7.50. The Labute approximate surface area is 110 Å². The summed E-state index contributed by atoms with van der Waals surface area (Å²) in [5.74, 6) is 0.653. The van der Waals surface area contributed by atoms with E-state index in [0.717, 1.165) is 5.56 Å². The van der Waals surface area contributed by atoms with Gasteiger partial charge in [0, 0.05) is 11.6 Å². The van der Waals surface area contributed by atoms with Crippen molar-refractivity contribution in [2.75, 3.05) is 26.9 Å². The van der Waals surface area contributed by atoms with E-state index in [0.29, 0.717) is 5.75 Å². The Bertz CT molecular complexity index is 382. The van der Waals surface area contributed by atoms with Gasteiger partial charge in [-0.25, -0.2) is 0 Å². The van der Waals surface area contributed by atoms with Gasteiger partial charge in [-0.1, -0.05) is 18.2 Å². The van der Waals surface area contributed by atoms with Crippen molar-refractivity contribution < 1.29 is 22.6 Å². The minimum Gasteiger partial charge on any atom is -0.491 e. The van der Waals surface area contributed by atoms with Gasteiger partial charge in [-0.15, -0.1) is 0 Å². The SMILES string of the molecule is CNC(C)c1ccccc1OCCOCC(F)(F)F. The monoisotopic (exact) mass is 277 g/mol. The number of para-hydroxylation sites is 1. The van der Waals surface area contributed by atoms with Crippen LogP contribution in [0.5, 0.6) is 5.75 Å². The number of rotatable bonds is 7. The molecule has 0 saturated carbocycles. The first-order valence-electron chi connectivity index (χ1n) is 5.97. The maximum atomic E-state index is 11.8. The third-order valence-electron chi connectivity index (χ3n) is 2.57. The summed E-state index contributed by atoms with van der Waals surface area (Å²) in [7, 11) is 1.83. The Hall–Kier alpha value is -1.27. The predicted molar refractivity (Wildman–Crippen MR) is 66.3 cm³/mol. The molecular formula is C13H18F3NO2. The highest BCUT2D eigenvalue weighted by atomic mass is 19.4. The fourth-order valence-electron chi connectivity index (χ4n) is 1.52. The molecule has 1 aromatic carbocycles. The molecule has 1 N–H and O–H groups in total. The Balaban J connectivity index is 2.41. The van der Waals surface area contributed by atoms with Crippen molar-refractivity contribution in [2.24, 2.45) is 0 Å². The van der Waals surface area contributed by atoms with Crippen molar-refractivity contribution in [1.29, 1.82) is 0 Å². The van der Waals surface area contributed by atoms with Crippen molar-refractivity contribution in [2.45, 2.75) is 19.1 Å². The van der Waals surface area contributed by atoms with Crippen molar-refractivity contribution in [3.8, 4) is 5.75 Å². The van der Waals surface area contributed by atoms with Gasteiger partial charge < -0.3 is 14.8 Å². The van der Waals surface area contributed by atoms with Crippen LogP contribution in [0.2, 0.25) is 0 Å². The molecule has 0 aromatic heterocycles. The molecule has 108 valence electrons. The molecular weight excluding hydrogens is 259 g/mol. The first-order chi connectivity index (χ1) is 8.94. The lowest BCUT2D eigenvalue weighted by atomic mass is 10.1. The van der Waals surface area contributed by atoms with E-state index in [1.807, 2.05) is 32.2 Å². The average molecular weight is 277 g/mol. The maximum absolute atomic E-state index is 11.8. The molecule has 1 rings (SSSR count). The number of ether oxygens (including phenoxy) is 2. The van der Waals surface area contributed by atoms with Crippen LogP contribution in [-0.2, 0) is 4.74 Å². The van der Waals surface area contributed by atoms with Crippen molar-refractivity contribution in [3.63, 3.8) is 0 Å². The second kappa shape index (κ2) is 7.35. The van der Waals surface area contributed by atoms with Gasteiger partial charge in [0.05, 0.1) is 6.61 Å². The zero-order valence-corrected chi connectivity index (χ0v) is 11.0. The lowest BCUT2D eigenvalue weighted by molar-refractivity contribution is -0.175. The Morgan fingerprint density at radius 2 is 1.89 bits per heavy atom. The number of benzene rings is 1. The van der Waals surface area contributed by atoms with Crippen LogP contribution < -0.4 is 10.1 Å². The zero-order valence-electron chi connectivity index (χ0n) is 11.0. The molecule has 1 unspecified atom stereocenters. The highest BCUT2D eigenvalue weighted by Gasteiger charge is 2.27. The molecule has 0 heterocycles. The van der Waals surface area contributed by atoms with E-state index < -0.39 is 12.8 Å². The van der Waals surface area contributed by atoms with Gasteiger partial charge in [-0.3, -0.25) is 0 Å². The van der Waals surface area contributed by atoms with Crippen LogP contribution in [0.1, 0.15) is 18.5 Å². The summed E-state index contributed by atoms with van der Waals surface area (Å²) in [6.07, 6.45) is -4.29. The molecule has 3 nitrogen and oxygen atoms in total. The van der Waals surface area contributed by atoms with Crippen LogP contribution in [0.4, 0.5) is 13.2 Å². The fraction of sp³-hybridized carbons (Fsp3) is 0.538. The molecule has 0 amide bonds. The number of hydrogen-bond acceptors (Lipinski definition) is 3. The number of hydrogen-bond donors (Lipinski definition) is 1. The molecule has 0 fully saturated rings. The van der Waals surface area contributed by atoms with E-state index in [1.54, 1.807) is 6.07 Å². The van der Waals surface area contributed by atoms with Gasteiger partial charge in [0.1, 0.15) is 19.0 Å². The molecule has 19 heavy (non-hydrogen) atoms. The second-order valence-electron chi connectivity index (χ2n) is 4.06. The van der Waals surface area contributed by atoms with Gasteiger partial charge in [-0.2, -0.15) is 13.2 Å². The molecule has 0 aliphatic carbocycles. The van der Waals surface area contributed by atoms with Gasteiger partial charge in [0.2, 0.25) is 0 Å². The largest absolute Gasteiger partial charge is 0.491 e. The summed E-state index contributed by atoms with van der Waals surface area (Å²) < 4.78 is 45.5. The quantitative estimate of drug-likeness (QED) is 0.777. The molecule has 0 spiro atoms. The van der Waals surface area contributed by atoms with E-state index in [4.69, 9.17) is 4.74 Å². The van der Waals surface area contributed by atoms with Gasteiger partial charge in [0.25, 0.3) is 0 Å². The highest BCUT2D eigenvalue weighted by molar-refractivity contribution is 5.35. The first kappa shape index (κ1) is 15.8. The van der Waals surface area contributed by atoms with Gasteiger partial charge in [0.15, 0.2) is 0 Å². The molecule has 0 aliphatic rings. The fourth-order valence-corrected chi connectivity index (χ4v) is 1.52. The van der Waals surface area contributed by atoms with Gasteiger partial charge in [-0.05, 0) is 20.0 Å². The molecule has 0 saturated heterocycles. The minimum atomic E-state index is -4.29. The zero-order chi connectivity index (χ0) is 14.3. The third-order valence-corrected chi connectivity index (χ3v) is 2.57. The van der Waals surface area contributed by atoms with E-state index in [9.17, 15) is 13.2 Å². The summed E-state index contributed by atoms with van der Waals surface area (Å²) in [5.41, 5.74) is 0.959. The van der Waals surface area contributed by atoms with E-state index in [-0.39, 0.29) is 19.3 Å². The van der Waals surface area contributed by atoms with Crippen LogP contribution >= 0.6 is 0 Å². The van der Waals surface area contributed by atoms with Crippen molar-refractivity contribution in [1.82, 2.24) is 5.32 Å². The van der Waals surface area contributed by atoms with E-state index >= 15 is 0 Å². The van der Waals surface area contributed by atoms with Crippen molar-refractivity contribution in [3.05, 3.63) is 29.8 Å². The molecule has 0 radical (unpaired) electrons. The summed E-state index contributed by atoms with van der Waals surface area (Å²) in [4.78, 5) is 0. The normalized spacial score (nSPS) is 13.3.